The smallest absolute Gasteiger partial charge is 0.245 e. The molecule has 7 nitrogen and oxygen atoms in total. The molecule has 1 aromatic heterocycles. The number of likely N-dealkylation sites (N-methyl/N-ethyl adjacent to an activating group) is 1. The highest BCUT2D eigenvalue weighted by Gasteiger charge is 2.30. The van der Waals surface area contributed by atoms with Gasteiger partial charge >= 0.3 is 0 Å². The van der Waals surface area contributed by atoms with Crippen molar-refractivity contribution in [2.24, 2.45) is 0 Å². The molecule has 2 rings (SSSR count). The van der Waals surface area contributed by atoms with Gasteiger partial charge in [-0.15, -0.1) is 24.8 Å². The van der Waals surface area contributed by atoms with Crippen LogP contribution < -0.4 is 10.6 Å². The molecule has 0 aliphatic carbocycles. The van der Waals surface area contributed by atoms with Crippen LogP contribution in [0.5, 0.6) is 0 Å². The van der Waals surface area contributed by atoms with Gasteiger partial charge in [-0.05, 0) is 34.5 Å². The summed E-state index contributed by atoms with van der Waals surface area (Å²) in [6, 6.07) is 3.00. The second-order valence-corrected chi connectivity index (χ2v) is 5.87. The molecule has 0 saturated carbocycles. The molecule has 10 heteroatoms. The van der Waals surface area contributed by atoms with Crippen LogP contribution in [0.4, 0.5) is 5.82 Å². The Labute approximate surface area is 155 Å². The lowest BCUT2D eigenvalue weighted by atomic mass is 10.2. The van der Waals surface area contributed by atoms with Crippen molar-refractivity contribution in [1.29, 1.82) is 0 Å². The van der Waals surface area contributed by atoms with Gasteiger partial charge in [-0.2, -0.15) is 0 Å². The van der Waals surface area contributed by atoms with E-state index in [2.05, 4.69) is 31.5 Å². The molecule has 2 atom stereocenters. The van der Waals surface area contributed by atoms with E-state index in [1.165, 1.54) is 4.90 Å². The van der Waals surface area contributed by atoms with Crippen LogP contribution in [-0.4, -0.2) is 59.1 Å². The molecule has 2 heterocycles. The van der Waals surface area contributed by atoms with Crippen LogP contribution >= 0.6 is 40.7 Å². The number of aliphatic hydroxyl groups excluding tert-OH is 1. The number of halogens is 3. The minimum Gasteiger partial charge on any atom is -0.392 e. The summed E-state index contributed by atoms with van der Waals surface area (Å²) in [4.78, 5) is 29.3. The van der Waals surface area contributed by atoms with Gasteiger partial charge in [-0.1, -0.05) is 0 Å². The number of nitrogens with one attached hydrogen (secondary N) is 2. The summed E-state index contributed by atoms with van der Waals surface area (Å²) in [6.07, 6.45) is 1.45. The minimum absolute atomic E-state index is 0. The van der Waals surface area contributed by atoms with Crippen LogP contribution in [0.3, 0.4) is 0 Å². The molecular formula is C13H19BrCl2N4O3. The first kappa shape index (κ1) is 22.1. The fraction of sp³-hybridized carbons (Fsp3) is 0.462. The summed E-state index contributed by atoms with van der Waals surface area (Å²) in [7, 11) is 1.56. The molecule has 23 heavy (non-hydrogen) atoms. The molecule has 0 spiro atoms. The van der Waals surface area contributed by atoms with Crippen LogP contribution in [-0.2, 0) is 9.59 Å². The fourth-order valence-electron chi connectivity index (χ4n) is 2.10. The number of pyridine rings is 1. The van der Waals surface area contributed by atoms with E-state index in [1.54, 1.807) is 25.4 Å². The molecule has 130 valence electrons. The Hall–Kier alpha value is -0.930. The number of aliphatic hydroxyl groups is 1. The molecule has 0 radical (unpaired) electrons. The molecule has 1 fully saturated rings. The van der Waals surface area contributed by atoms with Gasteiger partial charge in [-0.3, -0.25) is 9.59 Å². The van der Waals surface area contributed by atoms with Gasteiger partial charge in [0, 0.05) is 24.3 Å². The second kappa shape index (κ2) is 10.0. The van der Waals surface area contributed by atoms with E-state index in [4.69, 9.17) is 0 Å². The van der Waals surface area contributed by atoms with Crippen molar-refractivity contribution >= 4 is 58.4 Å². The van der Waals surface area contributed by atoms with Crippen molar-refractivity contribution in [3.63, 3.8) is 0 Å². The van der Waals surface area contributed by atoms with Gasteiger partial charge < -0.3 is 20.6 Å². The molecule has 1 saturated heterocycles. The summed E-state index contributed by atoms with van der Waals surface area (Å²) in [5.74, 6) is -0.0943. The first-order chi connectivity index (χ1) is 9.95. The maximum atomic E-state index is 12.1. The van der Waals surface area contributed by atoms with Crippen LogP contribution in [0.25, 0.3) is 0 Å². The van der Waals surface area contributed by atoms with E-state index in [1.807, 2.05) is 0 Å². The summed E-state index contributed by atoms with van der Waals surface area (Å²) < 4.78 is 0.818. The number of carbonyl (C=O) groups is 2. The lowest BCUT2D eigenvalue weighted by molar-refractivity contribution is -0.135. The number of carbonyl (C=O) groups excluding carboxylic acids is 2. The topological polar surface area (TPSA) is 94.6 Å². The van der Waals surface area contributed by atoms with E-state index < -0.39 is 12.1 Å². The van der Waals surface area contributed by atoms with Crippen molar-refractivity contribution < 1.29 is 14.7 Å². The quantitative estimate of drug-likeness (QED) is 0.658. The fourth-order valence-corrected chi connectivity index (χ4v) is 2.33. The molecule has 3 N–H and O–H groups in total. The number of aromatic nitrogens is 1. The summed E-state index contributed by atoms with van der Waals surface area (Å²) in [5, 5.41) is 15.0. The normalized spacial score (nSPS) is 19.3. The molecule has 2 unspecified atom stereocenters. The maximum absolute atomic E-state index is 12.1. The van der Waals surface area contributed by atoms with Crippen LogP contribution in [0, 0.1) is 0 Å². The van der Waals surface area contributed by atoms with Crippen molar-refractivity contribution in [2.75, 3.05) is 25.5 Å². The Kier molecular flexibility index (Phi) is 9.64. The zero-order chi connectivity index (χ0) is 15.4. The minimum atomic E-state index is -0.506. The van der Waals surface area contributed by atoms with Crippen molar-refractivity contribution in [3.05, 3.63) is 22.8 Å². The lowest BCUT2D eigenvalue weighted by Crippen LogP contribution is -2.44. The van der Waals surface area contributed by atoms with Gasteiger partial charge in [0.15, 0.2) is 0 Å². The standard InChI is InChI=1S/C13H17BrN4O3.2ClH/c1-18(13(21)10-4-9(19)6-15-10)7-12(20)17-11-3-2-8(14)5-16-11;;/h2-3,5,9-10,15,19H,4,6-7H2,1H3,(H,16,17,20);2*1H. The molecule has 1 aliphatic heterocycles. The second-order valence-electron chi connectivity index (χ2n) is 4.95. The molecule has 0 aromatic carbocycles. The summed E-state index contributed by atoms with van der Waals surface area (Å²) >= 11 is 3.26. The van der Waals surface area contributed by atoms with Crippen LogP contribution in [0.1, 0.15) is 6.42 Å². The molecule has 0 bridgehead atoms. The Bertz CT molecular complexity index is 532. The SMILES string of the molecule is CN(CC(=O)Nc1ccc(Br)cn1)C(=O)C1CC(O)CN1.Cl.Cl. The molecule has 1 aromatic rings. The third kappa shape index (κ3) is 6.60. The number of nitrogens with zero attached hydrogens (tertiary/aromatic N) is 2. The Balaban J connectivity index is 0.00000242. The highest BCUT2D eigenvalue weighted by atomic mass is 79.9. The lowest BCUT2D eigenvalue weighted by Gasteiger charge is -2.20. The molecule has 2 amide bonds. The first-order valence-electron chi connectivity index (χ1n) is 6.53. The summed E-state index contributed by atoms with van der Waals surface area (Å²) in [5.41, 5.74) is 0. The Morgan fingerprint density at radius 2 is 2.17 bits per heavy atom. The Morgan fingerprint density at radius 1 is 1.48 bits per heavy atom. The predicted molar refractivity (Wildman–Crippen MR) is 95.1 cm³/mol. The zero-order valence-corrected chi connectivity index (χ0v) is 15.6. The number of rotatable bonds is 4. The summed E-state index contributed by atoms with van der Waals surface area (Å²) in [6.45, 7) is 0.337. The zero-order valence-electron chi connectivity index (χ0n) is 12.4. The van der Waals surface area contributed by atoms with Crippen molar-refractivity contribution in [1.82, 2.24) is 15.2 Å². The average Bonchev–Trinajstić information content (AvgIpc) is 2.87. The Morgan fingerprint density at radius 3 is 2.70 bits per heavy atom. The van der Waals surface area contributed by atoms with Gasteiger partial charge in [0.2, 0.25) is 11.8 Å². The monoisotopic (exact) mass is 428 g/mol. The van der Waals surface area contributed by atoms with Crippen molar-refractivity contribution in [2.45, 2.75) is 18.6 Å². The van der Waals surface area contributed by atoms with Crippen LogP contribution in [0.2, 0.25) is 0 Å². The molecular weight excluding hydrogens is 411 g/mol. The maximum Gasteiger partial charge on any atom is 0.245 e. The van der Waals surface area contributed by atoms with E-state index >= 15 is 0 Å². The third-order valence-electron chi connectivity index (χ3n) is 3.16. The average molecular weight is 430 g/mol. The first-order valence-corrected chi connectivity index (χ1v) is 7.33. The molecule has 1 aliphatic rings. The number of amides is 2. The van der Waals surface area contributed by atoms with E-state index in [0.29, 0.717) is 18.8 Å². The highest BCUT2D eigenvalue weighted by Crippen LogP contribution is 2.11. The van der Waals surface area contributed by atoms with E-state index in [-0.39, 0.29) is 43.2 Å². The number of hydrogen-bond acceptors (Lipinski definition) is 5. The third-order valence-corrected chi connectivity index (χ3v) is 3.63. The largest absolute Gasteiger partial charge is 0.392 e. The van der Waals surface area contributed by atoms with E-state index in [9.17, 15) is 14.7 Å². The van der Waals surface area contributed by atoms with Crippen LogP contribution in [0.15, 0.2) is 22.8 Å². The highest BCUT2D eigenvalue weighted by molar-refractivity contribution is 9.10. The predicted octanol–water partition coefficient (Wildman–Crippen LogP) is 0.807. The van der Waals surface area contributed by atoms with Crippen molar-refractivity contribution in [3.8, 4) is 0 Å². The van der Waals surface area contributed by atoms with Gasteiger partial charge in [0.1, 0.15) is 5.82 Å². The van der Waals surface area contributed by atoms with Gasteiger partial charge in [0.05, 0.1) is 18.7 Å². The number of hydrogen-bond donors (Lipinski definition) is 3. The number of anilines is 1. The number of β-amino-alcohol motifs (C(OH)–C–C–N with tert-alkyl or cyclic N) is 1. The van der Waals surface area contributed by atoms with Gasteiger partial charge in [0.25, 0.3) is 0 Å². The van der Waals surface area contributed by atoms with Gasteiger partial charge in [-0.25, -0.2) is 4.98 Å². The van der Waals surface area contributed by atoms with E-state index in [0.717, 1.165) is 4.47 Å².